The molecule has 2 rings (SSSR count). The van der Waals surface area contributed by atoms with Crippen LogP contribution in [0.4, 0.5) is 0 Å². The number of aliphatic hydroxyl groups excluding tert-OH is 1. The van der Waals surface area contributed by atoms with Gasteiger partial charge >= 0.3 is 0 Å². The lowest BCUT2D eigenvalue weighted by Crippen LogP contribution is -2.52. The summed E-state index contributed by atoms with van der Waals surface area (Å²) in [6, 6.07) is 8.40. The lowest BCUT2D eigenvalue weighted by atomic mass is 9.82. The Kier molecular flexibility index (Phi) is 6.81. The Morgan fingerprint density at radius 3 is 2.58 bits per heavy atom. The number of ether oxygens (including phenoxy) is 1. The fourth-order valence-corrected chi connectivity index (χ4v) is 3.11. The largest absolute Gasteiger partial charge is 0.389 e. The number of nitrogens with one attached hydrogen (secondary N) is 2. The molecule has 4 heteroatoms. The van der Waals surface area contributed by atoms with Gasteiger partial charge in [-0.05, 0) is 57.2 Å². The zero-order chi connectivity index (χ0) is 17.7. The molecule has 0 heterocycles. The smallest absolute Gasteiger partial charge is 0.0975 e. The molecule has 136 valence electrons. The van der Waals surface area contributed by atoms with Gasteiger partial charge in [0, 0.05) is 6.04 Å². The summed E-state index contributed by atoms with van der Waals surface area (Å²) in [5.74, 6) is 0.655. The van der Waals surface area contributed by atoms with Crippen molar-refractivity contribution in [1.29, 1.82) is 0 Å². The third-order valence-electron chi connectivity index (χ3n) is 4.52. The minimum Gasteiger partial charge on any atom is -0.389 e. The summed E-state index contributed by atoms with van der Waals surface area (Å²) in [4.78, 5) is 0. The minimum absolute atomic E-state index is 0.00111. The highest BCUT2D eigenvalue weighted by molar-refractivity contribution is 5.35. The van der Waals surface area contributed by atoms with Gasteiger partial charge in [-0.3, -0.25) is 5.32 Å². The van der Waals surface area contributed by atoms with Crippen molar-refractivity contribution in [3.8, 4) is 0 Å². The molecule has 0 aromatic heterocycles. The van der Waals surface area contributed by atoms with Gasteiger partial charge in [0.2, 0.25) is 0 Å². The molecule has 0 bridgehead atoms. The second kappa shape index (κ2) is 8.43. The molecule has 1 aromatic carbocycles. The molecule has 3 N–H and O–H groups in total. The highest BCUT2D eigenvalue weighted by Crippen LogP contribution is 2.30. The highest BCUT2D eigenvalue weighted by atomic mass is 16.5. The van der Waals surface area contributed by atoms with E-state index in [0.717, 1.165) is 19.4 Å². The fraction of sp³-hybridized carbons (Fsp3) is 0.700. The van der Waals surface area contributed by atoms with Crippen molar-refractivity contribution in [2.45, 2.75) is 71.2 Å². The van der Waals surface area contributed by atoms with Crippen LogP contribution in [0.25, 0.3) is 0 Å². The minimum atomic E-state index is -0.462. The van der Waals surface area contributed by atoms with Gasteiger partial charge in [0.25, 0.3) is 0 Å². The van der Waals surface area contributed by atoms with Gasteiger partial charge in [0.15, 0.2) is 0 Å². The Morgan fingerprint density at radius 2 is 1.92 bits per heavy atom. The number of rotatable bonds is 7. The topological polar surface area (TPSA) is 53.5 Å². The lowest BCUT2D eigenvalue weighted by molar-refractivity contribution is -0.0292. The average Bonchev–Trinajstić information content (AvgIpc) is 2.49. The van der Waals surface area contributed by atoms with Crippen molar-refractivity contribution < 1.29 is 9.84 Å². The number of aliphatic hydroxyl groups is 1. The maximum atomic E-state index is 10.9. The molecular formula is C20H34N2O2. The summed E-state index contributed by atoms with van der Waals surface area (Å²) in [7, 11) is 0. The number of hydrogen-bond acceptors (Lipinski definition) is 4. The molecule has 1 aliphatic rings. The standard InChI is InChI=1S/C20H34N2O2/c1-14(2)10-11-21-18-16-9-7-6-8-15(16)12-17(19(18)23)22-13-24-20(3,4)5/h6-9,14,17-19,21-23H,10-13H2,1-5H3/t17-,18-,19+/m1/s1. The van der Waals surface area contributed by atoms with Gasteiger partial charge in [-0.2, -0.15) is 0 Å². The Labute approximate surface area is 147 Å². The second-order valence-electron chi connectivity index (χ2n) is 8.22. The molecule has 0 fully saturated rings. The maximum Gasteiger partial charge on any atom is 0.0975 e. The molecule has 4 nitrogen and oxygen atoms in total. The molecule has 0 radical (unpaired) electrons. The van der Waals surface area contributed by atoms with E-state index in [1.54, 1.807) is 0 Å². The summed E-state index contributed by atoms with van der Waals surface area (Å²) in [6.07, 6.45) is 1.47. The van der Waals surface area contributed by atoms with Crippen LogP contribution in [0.2, 0.25) is 0 Å². The third kappa shape index (κ3) is 5.55. The summed E-state index contributed by atoms with van der Waals surface area (Å²) in [5, 5.41) is 17.8. The molecule has 0 saturated carbocycles. The van der Waals surface area contributed by atoms with Crippen molar-refractivity contribution in [1.82, 2.24) is 10.6 Å². The molecular weight excluding hydrogens is 300 g/mol. The van der Waals surface area contributed by atoms with Gasteiger partial charge in [-0.25, -0.2) is 0 Å². The first-order chi connectivity index (χ1) is 11.3. The van der Waals surface area contributed by atoms with Crippen LogP contribution in [0, 0.1) is 5.92 Å². The van der Waals surface area contributed by atoms with Crippen LogP contribution < -0.4 is 10.6 Å². The number of hydrogen-bond donors (Lipinski definition) is 3. The summed E-state index contributed by atoms with van der Waals surface area (Å²) < 4.78 is 5.77. The van der Waals surface area contributed by atoms with E-state index in [1.807, 2.05) is 20.8 Å². The molecule has 24 heavy (non-hydrogen) atoms. The quantitative estimate of drug-likeness (QED) is 0.671. The van der Waals surface area contributed by atoms with Gasteiger partial charge < -0.3 is 15.2 Å². The Hall–Kier alpha value is -0.940. The van der Waals surface area contributed by atoms with Crippen LogP contribution in [0.15, 0.2) is 24.3 Å². The predicted molar refractivity (Wildman–Crippen MR) is 99.0 cm³/mol. The zero-order valence-corrected chi connectivity index (χ0v) is 15.8. The summed E-state index contributed by atoms with van der Waals surface area (Å²) in [5.41, 5.74) is 2.35. The van der Waals surface area contributed by atoms with E-state index >= 15 is 0 Å². The number of fused-ring (bicyclic) bond motifs is 1. The van der Waals surface area contributed by atoms with Crippen molar-refractivity contribution in [2.24, 2.45) is 5.92 Å². The van der Waals surface area contributed by atoms with Gasteiger partial charge in [-0.1, -0.05) is 38.1 Å². The lowest BCUT2D eigenvalue weighted by Gasteiger charge is -2.38. The Balaban J connectivity index is 2.04. The maximum absolute atomic E-state index is 10.9. The first-order valence-corrected chi connectivity index (χ1v) is 9.14. The van der Waals surface area contributed by atoms with Crippen molar-refractivity contribution >= 4 is 0 Å². The summed E-state index contributed by atoms with van der Waals surface area (Å²) in [6.45, 7) is 11.9. The fourth-order valence-electron chi connectivity index (χ4n) is 3.11. The van der Waals surface area contributed by atoms with E-state index in [0.29, 0.717) is 12.6 Å². The van der Waals surface area contributed by atoms with E-state index in [-0.39, 0.29) is 17.7 Å². The van der Waals surface area contributed by atoms with Crippen LogP contribution >= 0.6 is 0 Å². The number of benzene rings is 1. The average molecular weight is 335 g/mol. The monoisotopic (exact) mass is 334 g/mol. The van der Waals surface area contributed by atoms with Gasteiger partial charge in [0.1, 0.15) is 0 Å². The molecule has 0 spiro atoms. The van der Waals surface area contributed by atoms with E-state index in [9.17, 15) is 5.11 Å². The molecule has 0 saturated heterocycles. The van der Waals surface area contributed by atoms with E-state index in [4.69, 9.17) is 4.74 Å². The van der Waals surface area contributed by atoms with Crippen LogP contribution in [-0.4, -0.2) is 36.1 Å². The first kappa shape index (κ1) is 19.4. The molecule has 0 aliphatic heterocycles. The van der Waals surface area contributed by atoms with E-state index in [1.165, 1.54) is 11.1 Å². The third-order valence-corrected chi connectivity index (χ3v) is 4.52. The normalized spacial score (nSPS) is 24.2. The predicted octanol–water partition coefficient (Wildman–Crippen LogP) is 3.01. The van der Waals surface area contributed by atoms with Crippen LogP contribution in [0.5, 0.6) is 0 Å². The van der Waals surface area contributed by atoms with Crippen molar-refractivity contribution in [2.75, 3.05) is 13.3 Å². The SMILES string of the molecule is CC(C)CCN[C@@H]1c2ccccc2C[C@@H](NCOC(C)(C)C)[C@@H]1O. The zero-order valence-electron chi connectivity index (χ0n) is 15.8. The Bertz CT molecular complexity index is 511. The van der Waals surface area contributed by atoms with Crippen LogP contribution in [0.3, 0.4) is 0 Å². The molecule has 0 unspecified atom stereocenters. The van der Waals surface area contributed by atoms with Crippen molar-refractivity contribution in [3.05, 3.63) is 35.4 Å². The van der Waals surface area contributed by atoms with Crippen molar-refractivity contribution in [3.63, 3.8) is 0 Å². The molecule has 1 aliphatic carbocycles. The highest BCUT2D eigenvalue weighted by Gasteiger charge is 2.35. The van der Waals surface area contributed by atoms with Gasteiger partial charge in [0.05, 0.1) is 24.5 Å². The molecule has 0 amide bonds. The van der Waals surface area contributed by atoms with Crippen LogP contribution in [0.1, 0.15) is 58.2 Å². The van der Waals surface area contributed by atoms with E-state index in [2.05, 4.69) is 48.7 Å². The summed E-state index contributed by atoms with van der Waals surface area (Å²) >= 11 is 0. The molecule has 3 atom stereocenters. The Morgan fingerprint density at radius 1 is 1.21 bits per heavy atom. The second-order valence-corrected chi connectivity index (χ2v) is 8.22. The van der Waals surface area contributed by atoms with E-state index < -0.39 is 6.10 Å². The van der Waals surface area contributed by atoms with Crippen LogP contribution in [-0.2, 0) is 11.2 Å². The molecule has 1 aromatic rings. The van der Waals surface area contributed by atoms with Gasteiger partial charge in [-0.15, -0.1) is 0 Å². The first-order valence-electron chi connectivity index (χ1n) is 9.14.